The van der Waals surface area contributed by atoms with Gasteiger partial charge in [0.05, 0.1) is 7.11 Å². The maximum absolute atomic E-state index is 11.1. The van der Waals surface area contributed by atoms with Crippen LogP contribution in [0.25, 0.3) is 0 Å². The molecule has 4 nitrogen and oxygen atoms in total. The highest BCUT2D eigenvalue weighted by Gasteiger charge is 2.19. The lowest BCUT2D eigenvalue weighted by atomic mass is 9.92. The maximum atomic E-state index is 11.1. The number of fused-ring (bicyclic) bond motifs is 1. The fourth-order valence-corrected chi connectivity index (χ4v) is 2.09. The van der Waals surface area contributed by atoms with E-state index in [1.54, 1.807) is 0 Å². The average molecular weight is 208 g/mol. The summed E-state index contributed by atoms with van der Waals surface area (Å²) in [5.41, 5.74) is 8.45. The van der Waals surface area contributed by atoms with Crippen LogP contribution < -0.4 is 5.73 Å². The zero-order valence-corrected chi connectivity index (χ0v) is 8.90. The third kappa shape index (κ3) is 2.04. The highest BCUT2D eigenvalue weighted by atomic mass is 16.5. The molecule has 0 aliphatic heterocycles. The van der Waals surface area contributed by atoms with Gasteiger partial charge in [0.15, 0.2) is 0 Å². The van der Waals surface area contributed by atoms with Crippen molar-refractivity contribution < 1.29 is 9.53 Å². The van der Waals surface area contributed by atoms with Crippen molar-refractivity contribution in [3.05, 3.63) is 23.5 Å². The highest BCUT2D eigenvalue weighted by Crippen LogP contribution is 2.28. The largest absolute Gasteiger partial charge is 0.468 e. The van der Waals surface area contributed by atoms with E-state index < -0.39 is 0 Å². The van der Waals surface area contributed by atoms with Gasteiger partial charge in [-0.3, -0.25) is 4.79 Å². The maximum Gasteiger partial charge on any atom is 0.325 e. The van der Waals surface area contributed by atoms with Crippen LogP contribution in [0.2, 0.25) is 0 Å². The van der Waals surface area contributed by atoms with Crippen LogP contribution in [0.3, 0.4) is 0 Å². The number of hydrogen-bond acceptors (Lipinski definition) is 3. The molecule has 1 unspecified atom stereocenters. The number of aryl methyl sites for hydroxylation is 1. The fraction of sp³-hybridized carbons (Fsp3) is 0.545. The Hall–Kier alpha value is -1.29. The van der Waals surface area contributed by atoms with Crippen LogP contribution in [0.4, 0.5) is 0 Å². The van der Waals surface area contributed by atoms with Gasteiger partial charge >= 0.3 is 5.97 Å². The quantitative estimate of drug-likeness (QED) is 0.737. The topological polar surface area (TPSA) is 57.2 Å². The zero-order valence-electron chi connectivity index (χ0n) is 8.90. The number of ether oxygens (including phenoxy) is 1. The summed E-state index contributed by atoms with van der Waals surface area (Å²) in [7, 11) is 1.40. The Morgan fingerprint density at radius 1 is 1.67 bits per heavy atom. The van der Waals surface area contributed by atoms with Crippen LogP contribution in [-0.4, -0.2) is 17.6 Å². The lowest BCUT2D eigenvalue weighted by Crippen LogP contribution is -2.15. The third-order valence-corrected chi connectivity index (χ3v) is 2.90. The second-order valence-electron chi connectivity index (χ2n) is 3.99. The molecule has 0 saturated heterocycles. The first-order valence-corrected chi connectivity index (χ1v) is 5.21. The Balaban J connectivity index is 2.18. The Labute approximate surface area is 89.0 Å². The van der Waals surface area contributed by atoms with Crippen LogP contribution in [-0.2, 0) is 22.5 Å². The molecule has 0 spiro atoms. The molecule has 1 aliphatic rings. The van der Waals surface area contributed by atoms with Gasteiger partial charge in [0.2, 0.25) is 0 Å². The lowest BCUT2D eigenvalue weighted by Gasteiger charge is -2.17. The van der Waals surface area contributed by atoms with Crippen LogP contribution in [0.15, 0.2) is 12.4 Å². The molecule has 0 aromatic carbocycles. The standard InChI is InChI=1S/C11H16N2O2/c1-15-11(14)7-13-5-8-3-2-4-10(12)9(8)6-13/h5-6,10H,2-4,7,12H2,1H3. The summed E-state index contributed by atoms with van der Waals surface area (Å²) in [5, 5.41) is 0. The second kappa shape index (κ2) is 4.06. The Bertz CT molecular complexity index is 371. The van der Waals surface area contributed by atoms with Crippen molar-refractivity contribution in [1.82, 2.24) is 4.57 Å². The summed E-state index contributed by atoms with van der Waals surface area (Å²) in [6, 6.07) is 0.132. The number of carbonyl (C=O) groups excluding carboxylic acids is 1. The molecule has 0 saturated carbocycles. The minimum absolute atomic E-state index is 0.132. The van der Waals surface area contributed by atoms with Crippen molar-refractivity contribution in [2.75, 3.05) is 7.11 Å². The van der Waals surface area contributed by atoms with E-state index in [0.717, 1.165) is 19.3 Å². The van der Waals surface area contributed by atoms with Gasteiger partial charge < -0.3 is 15.0 Å². The van der Waals surface area contributed by atoms with Gasteiger partial charge in [0, 0.05) is 18.4 Å². The van der Waals surface area contributed by atoms with Gasteiger partial charge in [0.25, 0.3) is 0 Å². The molecule has 0 amide bonds. The van der Waals surface area contributed by atoms with E-state index in [9.17, 15) is 4.79 Å². The number of aromatic nitrogens is 1. The Kier molecular flexibility index (Phi) is 2.77. The van der Waals surface area contributed by atoms with Gasteiger partial charge in [-0.05, 0) is 30.4 Å². The molecule has 82 valence electrons. The normalized spacial score (nSPS) is 19.7. The number of hydrogen-bond donors (Lipinski definition) is 1. The molecule has 0 radical (unpaired) electrons. The summed E-state index contributed by atoms with van der Waals surface area (Å²) in [4.78, 5) is 11.1. The van der Waals surface area contributed by atoms with Gasteiger partial charge in [0.1, 0.15) is 6.54 Å². The molecular weight excluding hydrogens is 192 g/mol. The van der Waals surface area contributed by atoms with Crippen molar-refractivity contribution in [3.8, 4) is 0 Å². The molecule has 2 N–H and O–H groups in total. The Morgan fingerprint density at radius 2 is 2.47 bits per heavy atom. The number of methoxy groups -OCH3 is 1. The summed E-state index contributed by atoms with van der Waals surface area (Å²) in [6.45, 7) is 0.274. The monoisotopic (exact) mass is 208 g/mol. The SMILES string of the molecule is COC(=O)Cn1cc2c(c1)C(N)CCC2. The first-order valence-electron chi connectivity index (χ1n) is 5.21. The van der Waals surface area contributed by atoms with E-state index in [1.165, 1.54) is 18.2 Å². The number of esters is 1. The van der Waals surface area contributed by atoms with Crippen LogP contribution in [0.5, 0.6) is 0 Å². The van der Waals surface area contributed by atoms with Gasteiger partial charge in [-0.2, -0.15) is 0 Å². The summed E-state index contributed by atoms with van der Waals surface area (Å²) in [5.74, 6) is -0.226. The molecule has 2 rings (SSSR count). The van der Waals surface area contributed by atoms with E-state index in [0.29, 0.717) is 0 Å². The van der Waals surface area contributed by atoms with Gasteiger partial charge in [-0.25, -0.2) is 0 Å². The number of nitrogens with two attached hydrogens (primary N) is 1. The van der Waals surface area contributed by atoms with E-state index >= 15 is 0 Å². The molecule has 4 heteroatoms. The van der Waals surface area contributed by atoms with Crippen molar-refractivity contribution in [2.45, 2.75) is 31.8 Å². The van der Waals surface area contributed by atoms with Gasteiger partial charge in [-0.1, -0.05) is 0 Å². The van der Waals surface area contributed by atoms with Crippen LogP contribution >= 0.6 is 0 Å². The van der Waals surface area contributed by atoms with Crippen molar-refractivity contribution in [2.24, 2.45) is 5.73 Å². The summed E-state index contributed by atoms with van der Waals surface area (Å²) < 4.78 is 6.48. The summed E-state index contributed by atoms with van der Waals surface area (Å²) >= 11 is 0. The minimum atomic E-state index is -0.226. The van der Waals surface area contributed by atoms with Crippen molar-refractivity contribution >= 4 is 5.97 Å². The molecular formula is C11H16N2O2. The number of carbonyl (C=O) groups is 1. The minimum Gasteiger partial charge on any atom is -0.468 e. The molecule has 1 atom stereocenters. The molecule has 0 fully saturated rings. The molecule has 1 aromatic rings. The number of nitrogens with zero attached hydrogens (tertiary/aromatic N) is 1. The van der Waals surface area contributed by atoms with Crippen molar-refractivity contribution in [1.29, 1.82) is 0 Å². The third-order valence-electron chi connectivity index (χ3n) is 2.90. The molecule has 0 bridgehead atoms. The van der Waals surface area contributed by atoms with E-state index in [2.05, 4.69) is 4.74 Å². The average Bonchev–Trinajstić information content (AvgIpc) is 2.62. The summed E-state index contributed by atoms with van der Waals surface area (Å²) in [6.07, 6.45) is 7.21. The number of rotatable bonds is 2. The second-order valence-corrected chi connectivity index (χ2v) is 3.99. The van der Waals surface area contributed by atoms with Gasteiger partial charge in [-0.15, -0.1) is 0 Å². The van der Waals surface area contributed by atoms with E-state index in [-0.39, 0.29) is 18.6 Å². The first kappa shape index (κ1) is 10.2. The van der Waals surface area contributed by atoms with E-state index in [1.807, 2.05) is 17.0 Å². The molecule has 15 heavy (non-hydrogen) atoms. The smallest absolute Gasteiger partial charge is 0.325 e. The van der Waals surface area contributed by atoms with Crippen molar-refractivity contribution in [3.63, 3.8) is 0 Å². The molecule has 1 aliphatic carbocycles. The molecule has 1 aromatic heterocycles. The fourth-order valence-electron chi connectivity index (χ4n) is 2.09. The predicted octanol–water partition coefficient (Wildman–Crippen LogP) is 0.997. The first-order chi connectivity index (χ1) is 7.20. The zero-order chi connectivity index (χ0) is 10.8. The van der Waals surface area contributed by atoms with E-state index in [4.69, 9.17) is 5.73 Å². The van der Waals surface area contributed by atoms with Crippen LogP contribution in [0, 0.1) is 0 Å². The predicted molar refractivity (Wildman–Crippen MR) is 56.3 cm³/mol. The van der Waals surface area contributed by atoms with Crippen LogP contribution in [0.1, 0.15) is 30.0 Å². The lowest BCUT2D eigenvalue weighted by molar-refractivity contribution is -0.141. The molecule has 1 heterocycles. The Morgan fingerprint density at radius 3 is 3.13 bits per heavy atom. The highest BCUT2D eigenvalue weighted by molar-refractivity contribution is 5.69.